The third-order valence-electron chi connectivity index (χ3n) is 4.41. The zero-order chi connectivity index (χ0) is 15.2. The summed E-state index contributed by atoms with van der Waals surface area (Å²) in [6.07, 6.45) is 5.02. The quantitative estimate of drug-likeness (QED) is 0.768. The predicted molar refractivity (Wildman–Crippen MR) is 84.9 cm³/mol. The second-order valence-corrected chi connectivity index (χ2v) is 6.16. The molecule has 1 aliphatic carbocycles. The average Bonchev–Trinajstić information content (AvgIpc) is 2.41. The first-order valence-corrected chi connectivity index (χ1v) is 8.25. The summed E-state index contributed by atoms with van der Waals surface area (Å²) < 4.78 is 18.9. The molecule has 0 radical (unpaired) electrons. The van der Waals surface area contributed by atoms with Crippen molar-refractivity contribution in [3.8, 4) is 0 Å². The van der Waals surface area contributed by atoms with E-state index < -0.39 is 0 Å². The fourth-order valence-electron chi connectivity index (χ4n) is 3.24. The summed E-state index contributed by atoms with van der Waals surface area (Å²) in [5.74, 6) is 0.575. The smallest absolute Gasteiger partial charge is 0.123 e. The minimum absolute atomic E-state index is 0.148. The Balaban J connectivity index is 1.98. The highest BCUT2D eigenvalue weighted by Crippen LogP contribution is 2.37. The van der Waals surface area contributed by atoms with Crippen molar-refractivity contribution >= 4 is 0 Å². The second kappa shape index (κ2) is 7.90. The maximum Gasteiger partial charge on any atom is 0.123 e. The van der Waals surface area contributed by atoms with Crippen LogP contribution in [0.5, 0.6) is 0 Å². The van der Waals surface area contributed by atoms with Gasteiger partial charge in [0.25, 0.3) is 0 Å². The van der Waals surface area contributed by atoms with Crippen molar-refractivity contribution in [2.24, 2.45) is 5.92 Å². The van der Waals surface area contributed by atoms with E-state index in [1.807, 2.05) is 13.0 Å². The first-order chi connectivity index (χ1) is 10.1. The Morgan fingerprint density at radius 1 is 1.33 bits per heavy atom. The number of hydrogen-bond acceptors (Lipinski definition) is 2. The molecule has 1 aromatic carbocycles. The first-order valence-electron chi connectivity index (χ1n) is 8.25. The van der Waals surface area contributed by atoms with Gasteiger partial charge >= 0.3 is 0 Å². The lowest BCUT2D eigenvalue weighted by molar-refractivity contribution is -0.0291. The summed E-state index contributed by atoms with van der Waals surface area (Å²) in [6.45, 7) is 8.05. The number of nitrogens with one attached hydrogen (secondary N) is 1. The molecule has 1 saturated carbocycles. The molecule has 21 heavy (non-hydrogen) atoms. The van der Waals surface area contributed by atoms with Crippen LogP contribution in [-0.4, -0.2) is 19.3 Å². The Kier molecular flexibility index (Phi) is 6.19. The molecule has 1 atom stereocenters. The molecule has 2 nitrogen and oxygen atoms in total. The van der Waals surface area contributed by atoms with Crippen LogP contribution in [0.1, 0.15) is 56.7 Å². The Morgan fingerprint density at radius 2 is 2.10 bits per heavy atom. The molecular weight excluding hydrogens is 265 g/mol. The zero-order valence-corrected chi connectivity index (χ0v) is 13.5. The predicted octanol–water partition coefficient (Wildman–Crippen LogP) is 4.38. The second-order valence-electron chi connectivity index (χ2n) is 6.16. The molecule has 118 valence electrons. The highest BCUT2D eigenvalue weighted by Gasteiger charge is 2.31. The van der Waals surface area contributed by atoms with Crippen LogP contribution in [0.2, 0.25) is 0 Å². The van der Waals surface area contributed by atoms with Crippen molar-refractivity contribution < 1.29 is 9.13 Å². The van der Waals surface area contributed by atoms with Gasteiger partial charge in [-0.15, -0.1) is 0 Å². The molecule has 0 bridgehead atoms. The standard InChI is InChI=1S/C18H28FNO/c1-4-8-20-18(12-14-10-16(11-14)21-5-2)17-7-6-15(19)9-13(17)3/h6-7,9,14,16,18,20H,4-5,8,10-12H2,1-3H3. The number of halogens is 1. The highest BCUT2D eigenvalue weighted by atomic mass is 19.1. The van der Waals surface area contributed by atoms with Gasteiger partial charge in [0.2, 0.25) is 0 Å². The molecule has 0 aliphatic heterocycles. The summed E-state index contributed by atoms with van der Waals surface area (Å²) in [7, 11) is 0. The third kappa shape index (κ3) is 4.52. The van der Waals surface area contributed by atoms with E-state index in [1.54, 1.807) is 12.1 Å². The van der Waals surface area contributed by atoms with Gasteiger partial charge in [-0.1, -0.05) is 13.0 Å². The number of ether oxygens (including phenoxy) is 1. The normalized spacial score (nSPS) is 22.9. The van der Waals surface area contributed by atoms with Crippen LogP contribution in [0.3, 0.4) is 0 Å². The van der Waals surface area contributed by atoms with Crippen LogP contribution in [-0.2, 0) is 4.74 Å². The number of aryl methyl sites for hydroxylation is 1. The maximum atomic E-state index is 13.3. The van der Waals surface area contributed by atoms with Gasteiger partial charge in [-0.2, -0.15) is 0 Å². The maximum absolute atomic E-state index is 13.3. The van der Waals surface area contributed by atoms with Crippen molar-refractivity contribution in [3.63, 3.8) is 0 Å². The van der Waals surface area contributed by atoms with E-state index in [0.717, 1.165) is 37.5 Å². The molecule has 3 heteroatoms. The van der Waals surface area contributed by atoms with Crippen LogP contribution >= 0.6 is 0 Å². The summed E-state index contributed by atoms with van der Waals surface area (Å²) in [5, 5.41) is 3.63. The molecule has 1 N–H and O–H groups in total. The van der Waals surface area contributed by atoms with E-state index >= 15 is 0 Å². The van der Waals surface area contributed by atoms with Crippen LogP contribution < -0.4 is 5.32 Å². The van der Waals surface area contributed by atoms with Crippen LogP contribution in [0.15, 0.2) is 18.2 Å². The van der Waals surface area contributed by atoms with Crippen LogP contribution in [0.4, 0.5) is 4.39 Å². The summed E-state index contributed by atoms with van der Waals surface area (Å²) in [4.78, 5) is 0. The van der Waals surface area contributed by atoms with Gasteiger partial charge in [0.15, 0.2) is 0 Å². The first kappa shape index (κ1) is 16.4. The SMILES string of the molecule is CCCNC(CC1CC(OCC)C1)c1ccc(F)cc1C. The Morgan fingerprint density at radius 3 is 2.71 bits per heavy atom. The Hall–Kier alpha value is -0.930. The highest BCUT2D eigenvalue weighted by molar-refractivity contribution is 5.29. The largest absolute Gasteiger partial charge is 0.378 e. The van der Waals surface area contributed by atoms with Gasteiger partial charge in [0.05, 0.1) is 6.10 Å². The monoisotopic (exact) mass is 293 g/mol. The van der Waals surface area contributed by atoms with E-state index in [4.69, 9.17) is 4.74 Å². The number of benzene rings is 1. The van der Waals surface area contributed by atoms with E-state index in [-0.39, 0.29) is 5.82 Å². The summed E-state index contributed by atoms with van der Waals surface area (Å²) in [5.41, 5.74) is 2.29. The van der Waals surface area contributed by atoms with Gasteiger partial charge in [-0.05, 0) is 75.3 Å². The molecule has 1 aromatic rings. The molecule has 0 amide bonds. The number of hydrogen-bond donors (Lipinski definition) is 1. The van der Waals surface area contributed by atoms with Crippen molar-refractivity contribution in [1.29, 1.82) is 0 Å². The van der Waals surface area contributed by atoms with Gasteiger partial charge in [0, 0.05) is 12.6 Å². The van der Waals surface area contributed by atoms with E-state index in [9.17, 15) is 4.39 Å². The Labute approximate surface area is 128 Å². The fourth-order valence-corrected chi connectivity index (χ4v) is 3.24. The lowest BCUT2D eigenvalue weighted by atomic mass is 9.76. The molecule has 0 spiro atoms. The van der Waals surface area contributed by atoms with Gasteiger partial charge in [0.1, 0.15) is 5.82 Å². The third-order valence-corrected chi connectivity index (χ3v) is 4.41. The molecule has 0 heterocycles. The average molecular weight is 293 g/mol. The summed E-state index contributed by atoms with van der Waals surface area (Å²) in [6, 6.07) is 5.49. The molecule has 1 aliphatic rings. The van der Waals surface area contributed by atoms with E-state index in [2.05, 4.69) is 19.2 Å². The zero-order valence-electron chi connectivity index (χ0n) is 13.5. The minimum Gasteiger partial charge on any atom is -0.378 e. The van der Waals surface area contributed by atoms with Crippen molar-refractivity contribution in [1.82, 2.24) is 5.32 Å². The van der Waals surface area contributed by atoms with E-state index in [1.165, 1.54) is 18.4 Å². The molecular formula is C18H28FNO. The lowest BCUT2D eigenvalue weighted by Gasteiger charge is -2.37. The van der Waals surface area contributed by atoms with Crippen LogP contribution in [0.25, 0.3) is 0 Å². The van der Waals surface area contributed by atoms with Gasteiger partial charge < -0.3 is 10.1 Å². The van der Waals surface area contributed by atoms with E-state index in [0.29, 0.717) is 12.1 Å². The summed E-state index contributed by atoms with van der Waals surface area (Å²) >= 11 is 0. The van der Waals surface area contributed by atoms with Crippen molar-refractivity contribution in [2.45, 2.75) is 58.6 Å². The molecule has 1 unspecified atom stereocenters. The number of rotatable bonds is 8. The molecule has 1 fully saturated rings. The van der Waals surface area contributed by atoms with Crippen molar-refractivity contribution in [2.75, 3.05) is 13.2 Å². The molecule has 0 saturated heterocycles. The lowest BCUT2D eigenvalue weighted by Crippen LogP contribution is -2.35. The fraction of sp³-hybridized carbons (Fsp3) is 0.667. The van der Waals surface area contributed by atoms with Gasteiger partial charge in [-0.25, -0.2) is 4.39 Å². The molecule has 2 rings (SSSR count). The molecule has 0 aromatic heterocycles. The van der Waals surface area contributed by atoms with Crippen molar-refractivity contribution in [3.05, 3.63) is 35.1 Å². The minimum atomic E-state index is -0.148. The topological polar surface area (TPSA) is 21.3 Å². The Bertz CT molecular complexity index is 443. The van der Waals surface area contributed by atoms with Crippen LogP contribution in [0, 0.1) is 18.7 Å². The van der Waals surface area contributed by atoms with Gasteiger partial charge in [-0.3, -0.25) is 0 Å².